The number of benzene rings is 3. The number of carbonyl (C=O) groups excluding carboxylic acids is 1. The standard InChI is InChI=1S/C28H31N3O/c1-21(23-12-6-3-7-13-23)29-28(32)25-18-24-14-8-9-15-26(24)31-17-16-30(20-27(25)31)19-22-10-4-2-5-11-22/h2-15,21,25,27H,16-20H2,1H3,(H,29,32)/t21-,25-,27+/m0/s1. The van der Waals surface area contributed by atoms with Gasteiger partial charge in [0.1, 0.15) is 0 Å². The lowest BCUT2D eigenvalue weighted by Crippen LogP contribution is -2.61. The molecule has 1 saturated heterocycles. The average Bonchev–Trinajstić information content (AvgIpc) is 2.84. The van der Waals surface area contributed by atoms with Crippen LogP contribution in [-0.2, 0) is 17.8 Å². The molecule has 4 heteroatoms. The molecule has 1 N–H and O–H groups in total. The summed E-state index contributed by atoms with van der Waals surface area (Å²) in [5.41, 5.74) is 5.06. The number of rotatable bonds is 5. The van der Waals surface area contributed by atoms with Crippen molar-refractivity contribution in [2.45, 2.75) is 32.0 Å². The number of nitrogens with zero attached hydrogens (tertiary/aromatic N) is 2. The first-order valence-corrected chi connectivity index (χ1v) is 11.6. The molecule has 32 heavy (non-hydrogen) atoms. The molecule has 0 aromatic heterocycles. The Morgan fingerprint density at radius 3 is 2.41 bits per heavy atom. The Morgan fingerprint density at radius 1 is 0.938 bits per heavy atom. The number of para-hydroxylation sites is 1. The second-order valence-corrected chi connectivity index (χ2v) is 9.06. The second kappa shape index (κ2) is 9.17. The fraction of sp³-hybridized carbons (Fsp3) is 0.321. The molecule has 2 aliphatic heterocycles. The van der Waals surface area contributed by atoms with Gasteiger partial charge >= 0.3 is 0 Å². The predicted octanol–water partition coefficient (Wildman–Crippen LogP) is 4.43. The number of nitrogens with one attached hydrogen (secondary N) is 1. The lowest BCUT2D eigenvalue weighted by Gasteiger charge is -2.49. The number of amides is 1. The number of carbonyl (C=O) groups is 1. The maximum absolute atomic E-state index is 13.6. The van der Waals surface area contributed by atoms with Gasteiger partial charge in [-0.15, -0.1) is 0 Å². The minimum Gasteiger partial charge on any atom is -0.365 e. The summed E-state index contributed by atoms with van der Waals surface area (Å²) in [5.74, 6) is 0.0991. The molecular formula is C28H31N3O. The average molecular weight is 426 g/mol. The van der Waals surface area contributed by atoms with E-state index in [1.54, 1.807) is 0 Å². The fourth-order valence-corrected chi connectivity index (χ4v) is 5.25. The van der Waals surface area contributed by atoms with Gasteiger partial charge in [0.25, 0.3) is 0 Å². The number of anilines is 1. The van der Waals surface area contributed by atoms with Gasteiger partial charge in [0.05, 0.1) is 18.0 Å². The van der Waals surface area contributed by atoms with Crippen LogP contribution in [0, 0.1) is 5.92 Å². The Morgan fingerprint density at radius 2 is 1.62 bits per heavy atom. The van der Waals surface area contributed by atoms with Crippen LogP contribution >= 0.6 is 0 Å². The summed E-state index contributed by atoms with van der Waals surface area (Å²) in [6.45, 7) is 5.87. The Kier molecular flexibility index (Phi) is 5.95. The quantitative estimate of drug-likeness (QED) is 0.657. The van der Waals surface area contributed by atoms with E-state index in [1.807, 2.05) is 18.2 Å². The Hall–Kier alpha value is -3.11. The molecule has 2 heterocycles. The van der Waals surface area contributed by atoms with E-state index < -0.39 is 0 Å². The lowest BCUT2D eigenvalue weighted by atomic mass is 9.83. The van der Waals surface area contributed by atoms with Gasteiger partial charge in [-0.2, -0.15) is 0 Å². The smallest absolute Gasteiger partial charge is 0.226 e. The normalized spacial score (nSPS) is 21.3. The zero-order valence-electron chi connectivity index (χ0n) is 18.7. The molecule has 2 aliphatic rings. The van der Waals surface area contributed by atoms with Crippen molar-refractivity contribution in [1.29, 1.82) is 0 Å². The van der Waals surface area contributed by atoms with Crippen LogP contribution in [0.4, 0.5) is 5.69 Å². The van der Waals surface area contributed by atoms with E-state index in [2.05, 4.69) is 88.8 Å². The first-order chi connectivity index (χ1) is 15.7. The summed E-state index contributed by atoms with van der Waals surface area (Å²) in [7, 11) is 0. The fourth-order valence-electron chi connectivity index (χ4n) is 5.25. The van der Waals surface area contributed by atoms with Gasteiger partial charge in [-0.3, -0.25) is 9.69 Å². The zero-order chi connectivity index (χ0) is 21.9. The van der Waals surface area contributed by atoms with E-state index in [0.29, 0.717) is 0 Å². The molecule has 5 rings (SSSR count). The van der Waals surface area contributed by atoms with E-state index in [4.69, 9.17) is 0 Å². The molecule has 3 atom stereocenters. The summed E-state index contributed by atoms with van der Waals surface area (Å²) >= 11 is 0. The highest BCUT2D eigenvalue weighted by Gasteiger charge is 2.41. The van der Waals surface area contributed by atoms with Crippen LogP contribution in [-0.4, -0.2) is 36.5 Å². The highest BCUT2D eigenvalue weighted by molar-refractivity contribution is 5.82. The van der Waals surface area contributed by atoms with Crippen molar-refractivity contribution in [1.82, 2.24) is 10.2 Å². The first-order valence-electron chi connectivity index (χ1n) is 11.6. The summed E-state index contributed by atoms with van der Waals surface area (Å²) in [6, 6.07) is 29.7. The second-order valence-electron chi connectivity index (χ2n) is 9.06. The van der Waals surface area contributed by atoms with Gasteiger partial charge in [-0.05, 0) is 36.1 Å². The van der Waals surface area contributed by atoms with Crippen LogP contribution in [0.2, 0.25) is 0 Å². The molecule has 164 valence electrons. The van der Waals surface area contributed by atoms with Crippen molar-refractivity contribution < 1.29 is 4.79 Å². The van der Waals surface area contributed by atoms with Crippen molar-refractivity contribution in [2.24, 2.45) is 5.92 Å². The topological polar surface area (TPSA) is 35.6 Å². The minimum atomic E-state index is -0.0605. The highest BCUT2D eigenvalue weighted by Crippen LogP contribution is 2.36. The number of hydrogen-bond donors (Lipinski definition) is 1. The largest absolute Gasteiger partial charge is 0.365 e. The van der Waals surface area contributed by atoms with Crippen molar-refractivity contribution >= 4 is 11.6 Å². The van der Waals surface area contributed by atoms with Gasteiger partial charge < -0.3 is 10.2 Å². The molecule has 1 amide bonds. The zero-order valence-corrected chi connectivity index (χ0v) is 18.7. The van der Waals surface area contributed by atoms with Crippen LogP contribution in [0.1, 0.15) is 29.7 Å². The maximum atomic E-state index is 13.6. The van der Waals surface area contributed by atoms with Crippen LogP contribution in [0.15, 0.2) is 84.9 Å². The van der Waals surface area contributed by atoms with Crippen LogP contribution in [0.5, 0.6) is 0 Å². The van der Waals surface area contributed by atoms with E-state index >= 15 is 0 Å². The van der Waals surface area contributed by atoms with Gasteiger partial charge in [0.15, 0.2) is 0 Å². The van der Waals surface area contributed by atoms with Crippen molar-refractivity contribution in [3.63, 3.8) is 0 Å². The molecule has 0 unspecified atom stereocenters. The molecule has 0 saturated carbocycles. The molecule has 4 nitrogen and oxygen atoms in total. The molecule has 0 radical (unpaired) electrons. The Balaban J connectivity index is 1.37. The van der Waals surface area contributed by atoms with Crippen molar-refractivity contribution in [3.05, 3.63) is 102 Å². The number of piperazine rings is 1. The minimum absolute atomic E-state index is 0.00154. The van der Waals surface area contributed by atoms with E-state index in [1.165, 1.54) is 16.8 Å². The molecule has 0 bridgehead atoms. The Labute approximate surface area is 190 Å². The van der Waals surface area contributed by atoms with Gasteiger partial charge in [-0.1, -0.05) is 78.9 Å². The molecule has 3 aromatic rings. The van der Waals surface area contributed by atoms with Crippen LogP contribution < -0.4 is 10.2 Å². The Bertz CT molecular complexity index is 1050. The summed E-state index contributed by atoms with van der Waals surface area (Å²) < 4.78 is 0. The van der Waals surface area contributed by atoms with Crippen molar-refractivity contribution in [3.8, 4) is 0 Å². The summed E-state index contributed by atoms with van der Waals surface area (Å²) in [6.07, 6.45) is 0.795. The van der Waals surface area contributed by atoms with Gasteiger partial charge in [0.2, 0.25) is 5.91 Å². The number of fused-ring (bicyclic) bond motifs is 3. The molecule has 0 aliphatic carbocycles. The summed E-state index contributed by atoms with van der Waals surface area (Å²) in [4.78, 5) is 18.5. The monoisotopic (exact) mass is 425 g/mol. The third-order valence-electron chi connectivity index (χ3n) is 6.95. The highest BCUT2D eigenvalue weighted by atomic mass is 16.2. The van der Waals surface area contributed by atoms with Gasteiger partial charge in [0, 0.05) is 31.9 Å². The summed E-state index contributed by atoms with van der Waals surface area (Å²) in [5, 5.41) is 3.31. The third-order valence-corrected chi connectivity index (χ3v) is 6.95. The third kappa shape index (κ3) is 4.28. The van der Waals surface area contributed by atoms with E-state index in [9.17, 15) is 4.79 Å². The lowest BCUT2D eigenvalue weighted by molar-refractivity contribution is -0.126. The van der Waals surface area contributed by atoms with Gasteiger partial charge in [-0.25, -0.2) is 0 Å². The predicted molar refractivity (Wildman–Crippen MR) is 129 cm³/mol. The van der Waals surface area contributed by atoms with E-state index in [0.717, 1.165) is 38.2 Å². The van der Waals surface area contributed by atoms with Crippen LogP contribution in [0.3, 0.4) is 0 Å². The van der Waals surface area contributed by atoms with Crippen LogP contribution in [0.25, 0.3) is 0 Å². The SMILES string of the molecule is C[C@H](NC(=O)[C@H]1Cc2ccccc2N2CCN(Cc3ccccc3)C[C@H]12)c1ccccc1. The molecule has 0 spiro atoms. The number of hydrogen-bond acceptors (Lipinski definition) is 3. The molecular weight excluding hydrogens is 394 g/mol. The first kappa shape index (κ1) is 20.8. The van der Waals surface area contributed by atoms with Crippen molar-refractivity contribution in [2.75, 3.05) is 24.5 Å². The van der Waals surface area contributed by atoms with E-state index in [-0.39, 0.29) is 23.9 Å². The molecule has 3 aromatic carbocycles. The maximum Gasteiger partial charge on any atom is 0.226 e. The molecule has 1 fully saturated rings.